The summed E-state index contributed by atoms with van der Waals surface area (Å²) < 4.78 is 9.09. The fourth-order valence-electron chi connectivity index (χ4n) is 9.71. The highest BCUT2D eigenvalue weighted by atomic mass is 16.3. The average Bonchev–Trinajstić information content (AvgIpc) is 3.82. The largest absolute Gasteiger partial charge is 0.456 e. The molecule has 1 aliphatic carbocycles. The monoisotopic (exact) mass is 675 g/mol. The number of hydrogen-bond acceptors (Lipinski definition) is 1. The molecule has 248 valence electrons. The fourth-order valence-corrected chi connectivity index (χ4v) is 9.71. The van der Waals surface area contributed by atoms with Gasteiger partial charge in [-0.25, -0.2) is 0 Å². The van der Waals surface area contributed by atoms with Gasteiger partial charge >= 0.3 is 0 Å². The van der Waals surface area contributed by atoms with Gasteiger partial charge < -0.3 is 8.98 Å². The standard InChI is InChI=1S/C51H33NO/c1-51(2)45-29-47-44(28-43(45)40-24-25-41-39-19-8-10-21-48(39)53-50(41)49(40)51)38-18-7-9-20-46(38)52(47)32-13-11-12-30(26-32)31-22-23-37-35-16-4-3-14-33(35)34-15-5-6-17-36(34)42(37)27-31/h3-29H,1-2H3. The van der Waals surface area contributed by atoms with Crippen LogP contribution >= 0.6 is 0 Å². The lowest BCUT2D eigenvalue weighted by Gasteiger charge is -2.22. The molecule has 0 aliphatic heterocycles. The maximum atomic E-state index is 6.63. The van der Waals surface area contributed by atoms with E-state index < -0.39 is 0 Å². The van der Waals surface area contributed by atoms with Gasteiger partial charge in [0.1, 0.15) is 11.2 Å². The summed E-state index contributed by atoms with van der Waals surface area (Å²) in [4.78, 5) is 0. The first kappa shape index (κ1) is 29.0. The van der Waals surface area contributed by atoms with Crippen LogP contribution in [0.3, 0.4) is 0 Å². The third-order valence-electron chi connectivity index (χ3n) is 12.1. The zero-order chi connectivity index (χ0) is 35.0. The molecular formula is C51H33NO. The van der Waals surface area contributed by atoms with E-state index in [1.807, 2.05) is 0 Å². The van der Waals surface area contributed by atoms with E-state index in [-0.39, 0.29) is 5.41 Å². The molecule has 0 bridgehead atoms. The minimum Gasteiger partial charge on any atom is -0.456 e. The minimum absolute atomic E-state index is 0.243. The van der Waals surface area contributed by atoms with Crippen molar-refractivity contribution in [3.05, 3.63) is 175 Å². The Bertz CT molecular complexity index is 3340. The Morgan fingerprint density at radius 2 is 1.04 bits per heavy atom. The van der Waals surface area contributed by atoms with E-state index in [0.29, 0.717) is 0 Å². The molecule has 0 amide bonds. The van der Waals surface area contributed by atoms with Crippen LogP contribution in [0.4, 0.5) is 0 Å². The molecule has 11 aromatic rings. The summed E-state index contributed by atoms with van der Waals surface area (Å²) in [5, 5.41) is 12.7. The fraction of sp³-hybridized carbons (Fsp3) is 0.0588. The van der Waals surface area contributed by atoms with Crippen LogP contribution in [0, 0.1) is 0 Å². The molecule has 0 radical (unpaired) electrons. The molecule has 2 heterocycles. The summed E-state index contributed by atoms with van der Waals surface area (Å²) in [6.45, 7) is 4.72. The number of rotatable bonds is 2. The van der Waals surface area contributed by atoms with E-state index in [1.165, 1.54) is 98.3 Å². The molecule has 0 atom stereocenters. The highest BCUT2D eigenvalue weighted by molar-refractivity contribution is 6.25. The maximum absolute atomic E-state index is 6.63. The summed E-state index contributed by atoms with van der Waals surface area (Å²) >= 11 is 0. The van der Waals surface area contributed by atoms with Crippen LogP contribution in [0.1, 0.15) is 25.0 Å². The van der Waals surface area contributed by atoms with Crippen LogP contribution in [-0.2, 0) is 5.41 Å². The summed E-state index contributed by atoms with van der Waals surface area (Å²) in [6.07, 6.45) is 0. The highest BCUT2D eigenvalue weighted by Gasteiger charge is 2.39. The zero-order valence-electron chi connectivity index (χ0n) is 29.4. The number of benzene rings is 9. The number of aromatic nitrogens is 1. The van der Waals surface area contributed by atoms with E-state index in [1.54, 1.807) is 0 Å². The smallest absolute Gasteiger partial charge is 0.140 e. The summed E-state index contributed by atoms with van der Waals surface area (Å²) in [6, 6.07) is 60.4. The minimum atomic E-state index is -0.243. The van der Waals surface area contributed by atoms with Crippen molar-refractivity contribution in [3.8, 4) is 27.9 Å². The summed E-state index contributed by atoms with van der Waals surface area (Å²) in [5.41, 5.74) is 12.9. The van der Waals surface area contributed by atoms with Gasteiger partial charge in [-0.05, 0) is 109 Å². The first-order chi connectivity index (χ1) is 26.0. The lowest BCUT2D eigenvalue weighted by molar-refractivity contribution is 0.620. The molecule has 2 heteroatoms. The highest BCUT2D eigenvalue weighted by Crippen LogP contribution is 2.54. The number of nitrogens with zero attached hydrogens (tertiary/aromatic N) is 1. The van der Waals surface area contributed by atoms with Crippen molar-refractivity contribution in [1.29, 1.82) is 0 Å². The number of para-hydroxylation sites is 2. The van der Waals surface area contributed by atoms with Crippen LogP contribution in [0.15, 0.2) is 168 Å². The first-order valence-corrected chi connectivity index (χ1v) is 18.5. The summed E-state index contributed by atoms with van der Waals surface area (Å²) in [5.74, 6) is 0. The molecule has 2 nitrogen and oxygen atoms in total. The Morgan fingerprint density at radius 3 is 1.81 bits per heavy atom. The van der Waals surface area contributed by atoms with Crippen LogP contribution < -0.4 is 0 Å². The van der Waals surface area contributed by atoms with Crippen molar-refractivity contribution in [2.45, 2.75) is 19.3 Å². The molecule has 0 fully saturated rings. The number of fused-ring (bicyclic) bond motifs is 16. The van der Waals surface area contributed by atoms with Gasteiger partial charge in [-0.1, -0.05) is 129 Å². The number of hydrogen-bond donors (Lipinski definition) is 0. The third-order valence-corrected chi connectivity index (χ3v) is 12.1. The van der Waals surface area contributed by atoms with Crippen molar-refractivity contribution >= 4 is 76.1 Å². The lowest BCUT2D eigenvalue weighted by Crippen LogP contribution is -2.15. The Morgan fingerprint density at radius 1 is 0.415 bits per heavy atom. The van der Waals surface area contributed by atoms with Crippen molar-refractivity contribution in [1.82, 2.24) is 4.57 Å². The topological polar surface area (TPSA) is 18.1 Å². The first-order valence-electron chi connectivity index (χ1n) is 18.5. The van der Waals surface area contributed by atoms with Crippen LogP contribution in [0.25, 0.3) is 104 Å². The summed E-state index contributed by atoms with van der Waals surface area (Å²) in [7, 11) is 0. The van der Waals surface area contributed by atoms with Gasteiger partial charge in [0.2, 0.25) is 0 Å². The van der Waals surface area contributed by atoms with Crippen LogP contribution in [0.5, 0.6) is 0 Å². The molecule has 1 aliphatic rings. The van der Waals surface area contributed by atoms with Gasteiger partial charge in [0, 0.05) is 38.2 Å². The predicted molar refractivity (Wildman–Crippen MR) is 224 cm³/mol. The molecule has 0 saturated carbocycles. The zero-order valence-corrected chi connectivity index (χ0v) is 29.4. The second kappa shape index (κ2) is 10.2. The molecule has 0 unspecified atom stereocenters. The quantitative estimate of drug-likeness (QED) is 0.167. The average molecular weight is 676 g/mol. The van der Waals surface area contributed by atoms with Gasteiger partial charge in [-0.15, -0.1) is 0 Å². The van der Waals surface area contributed by atoms with Crippen molar-refractivity contribution in [2.75, 3.05) is 0 Å². The van der Waals surface area contributed by atoms with Crippen molar-refractivity contribution < 1.29 is 4.42 Å². The van der Waals surface area contributed by atoms with E-state index >= 15 is 0 Å². The Hall–Kier alpha value is -6.64. The third kappa shape index (κ3) is 3.82. The van der Waals surface area contributed by atoms with Gasteiger partial charge in [-0.3, -0.25) is 0 Å². The molecule has 12 rings (SSSR count). The van der Waals surface area contributed by atoms with E-state index in [2.05, 4.69) is 182 Å². The Kier molecular flexibility index (Phi) is 5.60. The SMILES string of the molecule is CC1(C)c2cc3c(cc2-c2ccc4c(oc5ccccc54)c21)c1ccccc1n3-c1cccc(-c2ccc3c4ccccc4c4ccccc4c3c2)c1. The molecule has 0 saturated heterocycles. The Labute approximate surface area is 306 Å². The predicted octanol–water partition coefficient (Wildman–Crippen LogP) is 14.1. The second-order valence-electron chi connectivity index (χ2n) is 15.3. The van der Waals surface area contributed by atoms with E-state index in [0.717, 1.165) is 16.9 Å². The van der Waals surface area contributed by atoms with Crippen molar-refractivity contribution in [2.24, 2.45) is 0 Å². The van der Waals surface area contributed by atoms with Crippen molar-refractivity contribution in [3.63, 3.8) is 0 Å². The molecule has 2 aromatic heterocycles. The molecule has 0 N–H and O–H groups in total. The lowest BCUT2D eigenvalue weighted by atomic mass is 9.81. The maximum Gasteiger partial charge on any atom is 0.140 e. The second-order valence-corrected chi connectivity index (χ2v) is 15.3. The van der Waals surface area contributed by atoms with Gasteiger partial charge in [0.05, 0.1) is 11.0 Å². The number of furan rings is 1. The van der Waals surface area contributed by atoms with Gasteiger partial charge in [-0.2, -0.15) is 0 Å². The normalized spacial score (nSPS) is 13.6. The molecular weight excluding hydrogens is 643 g/mol. The van der Waals surface area contributed by atoms with Gasteiger partial charge in [0.15, 0.2) is 0 Å². The Balaban J connectivity index is 1.07. The molecule has 53 heavy (non-hydrogen) atoms. The van der Waals surface area contributed by atoms with Crippen LogP contribution in [-0.4, -0.2) is 4.57 Å². The van der Waals surface area contributed by atoms with Gasteiger partial charge in [0.25, 0.3) is 0 Å². The van der Waals surface area contributed by atoms with Crippen LogP contribution in [0.2, 0.25) is 0 Å². The molecule has 0 spiro atoms. The van der Waals surface area contributed by atoms with E-state index in [9.17, 15) is 0 Å². The van der Waals surface area contributed by atoms with E-state index in [4.69, 9.17) is 4.42 Å². The molecule has 9 aromatic carbocycles.